The van der Waals surface area contributed by atoms with Crippen molar-refractivity contribution in [2.45, 2.75) is 32.7 Å². The summed E-state index contributed by atoms with van der Waals surface area (Å²) in [5.74, 6) is 0. The Balaban J connectivity index is 2.23. The standard InChI is InChI=1S/C15H21N3/c1-4-5-12-6-8-13(9-7-12)15(16)14-10-17-18(3)11(14)2/h6-10,15H,4-5,16H2,1-3H3. The van der Waals surface area contributed by atoms with E-state index in [4.69, 9.17) is 5.73 Å². The first kappa shape index (κ1) is 12.8. The van der Waals surface area contributed by atoms with Crippen LogP contribution in [0.2, 0.25) is 0 Å². The minimum atomic E-state index is -0.0885. The average Bonchev–Trinajstić information content (AvgIpc) is 2.71. The van der Waals surface area contributed by atoms with E-state index in [2.05, 4.69) is 36.3 Å². The van der Waals surface area contributed by atoms with E-state index in [9.17, 15) is 0 Å². The molecule has 3 heteroatoms. The number of rotatable bonds is 4. The second kappa shape index (κ2) is 5.36. The molecule has 3 nitrogen and oxygen atoms in total. The van der Waals surface area contributed by atoms with Gasteiger partial charge in [0.25, 0.3) is 0 Å². The smallest absolute Gasteiger partial charge is 0.0585 e. The summed E-state index contributed by atoms with van der Waals surface area (Å²) in [7, 11) is 1.94. The molecule has 0 saturated carbocycles. The van der Waals surface area contributed by atoms with Gasteiger partial charge in [-0.25, -0.2) is 0 Å². The van der Waals surface area contributed by atoms with E-state index in [1.54, 1.807) is 0 Å². The molecule has 1 heterocycles. The van der Waals surface area contributed by atoms with Crippen molar-refractivity contribution in [2.75, 3.05) is 0 Å². The normalized spacial score (nSPS) is 12.7. The first-order valence-corrected chi connectivity index (χ1v) is 6.46. The van der Waals surface area contributed by atoms with Crippen molar-refractivity contribution in [3.05, 3.63) is 52.8 Å². The van der Waals surface area contributed by atoms with Crippen molar-refractivity contribution in [2.24, 2.45) is 12.8 Å². The Morgan fingerprint density at radius 2 is 1.94 bits per heavy atom. The van der Waals surface area contributed by atoms with Crippen LogP contribution in [0.4, 0.5) is 0 Å². The molecule has 1 aromatic heterocycles. The van der Waals surface area contributed by atoms with E-state index in [0.717, 1.165) is 23.2 Å². The number of hydrogen-bond acceptors (Lipinski definition) is 2. The van der Waals surface area contributed by atoms with Crippen molar-refractivity contribution in [3.8, 4) is 0 Å². The van der Waals surface area contributed by atoms with Gasteiger partial charge in [-0.05, 0) is 24.5 Å². The fraction of sp³-hybridized carbons (Fsp3) is 0.400. The molecule has 0 bridgehead atoms. The SMILES string of the molecule is CCCc1ccc(C(N)c2cnn(C)c2C)cc1. The van der Waals surface area contributed by atoms with E-state index in [1.807, 2.05) is 24.9 Å². The van der Waals surface area contributed by atoms with Gasteiger partial charge in [-0.15, -0.1) is 0 Å². The van der Waals surface area contributed by atoms with Crippen molar-refractivity contribution in [1.29, 1.82) is 0 Å². The van der Waals surface area contributed by atoms with Crippen molar-refractivity contribution in [3.63, 3.8) is 0 Å². The lowest BCUT2D eigenvalue weighted by molar-refractivity contribution is 0.734. The van der Waals surface area contributed by atoms with Gasteiger partial charge < -0.3 is 5.73 Å². The molecule has 2 rings (SSSR count). The number of nitrogens with two attached hydrogens (primary N) is 1. The van der Waals surface area contributed by atoms with Crippen LogP contribution < -0.4 is 5.73 Å². The molecule has 0 radical (unpaired) electrons. The molecule has 1 unspecified atom stereocenters. The first-order valence-electron chi connectivity index (χ1n) is 6.46. The fourth-order valence-corrected chi connectivity index (χ4v) is 2.18. The largest absolute Gasteiger partial charge is 0.320 e. The van der Waals surface area contributed by atoms with Crippen LogP contribution in [-0.2, 0) is 13.5 Å². The highest BCUT2D eigenvalue weighted by Gasteiger charge is 2.14. The van der Waals surface area contributed by atoms with E-state index in [-0.39, 0.29) is 6.04 Å². The first-order chi connectivity index (χ1) is 8.63. The van der Waals surface area contributed by atoms with E-state index < -0.39 is 0 Å². The summed E-state index contributed by atoms with van der Waals surface area (Å²) >= 11 is 0. The van der Waals surface area contributed by atoms with Crippen LogP contribution in [0.25, 0.3) is 0 Å². The minimum Gasteiger partial charge on any atom is -0.320 e. The van der Waals surface area contributed by atoms with Gasteiger partial charge in [-0.1, -0.05) is 37.6 Å². The predicted molar refractivity (Wildman–Crippen MR) is 74.4 cm³/mol. The Labute approximate surface area is 109 Å². The van der Waals surface area contributed by atoms with Gasteiger partial charge in [0.2, 0.25) is 0 Å². The molecule has 0 fully saturated rings. The summed E-state index contributed by atoms with van der Waals surface area (Å²) in [5, 5.41) is 4.25. The number of aryl methyl sites for hydroxylation is 2. The Morgan fingerprint density at radius 3 is 2.44 bits per heavy atom. The zero-order valence-electron chi connectivity index (χ0n) is 11.4. The van der Waals surface area contributed by atoms with Crippen molar-refractivity contribution in [1.82, 2.24) is 9.78 Å². The summed E-state index contributed by atoms with van der Waals surface area (Å²) in [6.45, 7) is 4.24. The maximum absolute atomic E-state index is 6.30. The third kappa shape index (κ3) is 2.46. The van der Waals surface area contributed by atoms with Crippen LogP contribution in [0.5, 0.6) is 0 Å². The molecule has 18 heavy (non-hydrogen) atoms. The van der Waals surface area contributed by atoms with Crippen LogP contribution in [0.3, 0.4) is 0 Å². The summed E-state index contributed by atoms with van der Waals surface area (Å²) < 4.78 is 1.86. The molecule has 96 valence electrons. The van der Waals surface area contributed by atoms with Gasteiger partial charge in [0.05, 0.1) is 12.2 Å². The molecule has 1 atom stereocenters. The van der Waals surface area contributed by atoms with Crippen LogP contribution in [0, 0.1) is 6.92 Å². The summed E-state index contributed by atoms with van der Waals surface area (Å²) in [6.07, 6.45) is 4.16. The lowest BCUT2D eigenvalue weighted by atomic mass is 9.98. The monoisotopic (exact) mass is 243 g/mol. The Kier molecular flexibility index (Phi) is 3.82. The molecule has 0 aliphatic heterocycles. The summed E-state index contributed by atoms with van der Waals surface area (Å²) in [6, 6.07) is 8.51. The molecule has 0 amide bonds. The molecule has 2 N–H and O–H groups in total. The van der Waals surface area contributed by atoms with Gasteiger partial charge in [0.1, 0.15) is 0 Å². The topological polar surface area (TPSA) is 43.8 Å². The van der Waals surface area contributed by atoms with Crippen LogP contribution in [0.15, 0.2) is 30.5 Å². The Bertz CT molecular complexity index is 511. The third-order valence-corrected chi connectivity index (χ3v) is 3.49. The molecular weight excluding hydrogens is 222 g/mol. The van der Waals surface area contributed by atoms with E-state index >= 15 is 0 Å². The highest BCUT2D eigenvalue weighted by atomic mass is 15.3. The third-order valence-electron chi connectivity index (χ3n) is 3.49. The second-order valence-corrected chi connectivity index (χ2v) is 4.78. The summed E-state index contributed by atoms with van der Waals surface area (Å²) in [5.41, 5.74) is 11.0. The quantitative estimate of drug-likeness (QED) is 0.897. The maximum Gasteiger partial charge on any atom is 0.0585 e. The minimum absolute atomic E-state index is 0.0885. The van der Waals surface area contributed by atoms with Crippen molar-refractivity contribution < 1.29 is 0 Å². The number of nitrogens with zero attached hydrogens (tertiary/aromatic N) is 2. The molecule has 0 aliphatic rings. The van der Waals surface area contributed by atoms with Gasteiger partial charge in [-0.2, -0.15) is 5.10 Å². The Morgan fingerprint density at radius 1 is 1.28 bits per heavy atom. The lowest BCUT2D eigenvalue weighted by Crippen LogP contribution is -2.12. The zero-order chi connectivity index (χ0) is 13.1. The van der Waals surface area contributed by atoms with Gasteiger partial charge in [0, 0.05) is 18.3 Å². The molecular formula is C15H21N3. The summed E-state index contributed by atoms with van der Waals surface area (Å²) in [4.78, 5) is 0. The number of benzene rings is 1. The molecule has 1 aromatic carbocycles. The maximum atomic E-state index is 6.30. The predicted octanol–water partition coefficient (Wildman–Crippen LogP) is 2.73. The highest BCUT2D eigenvalue weighted by Crippen LogP contribution is 2.22. The lowest BCUT2D eigenvalue weighted by Gasteiger charge is -2.12. The zero-order valence-corrected chi connectivity index (χ0v) is 11.4. The molecule has 2 aromatic rings. The van der Waals surface area contributed by atoms with Crippen LogP contribution in [0.1, 0.15) is 41.8 Å². The van der Waals surface area contributed by atoms with Crippen LogP contribution >= 0.6 is 0 Å². The average molecular weight is 243 g/mol. The highest BCUT2D eigenvalue weighted by molar-refractivity contribution is 5.34. The van der Waals surface area contributed by atoms with Crippen LogP contribution in [-0.4, -0.2) is 9.78 Å². The van der Waals surface area contributed by atoms with Gasteiger partial charge in [0.15, 0.2) is 0 Å². The molecule has 0 saturated heterocycles. The Hall–Kier alpha value is -1.61. The second-order valence-electron chi connectivity index (χ2n) is 4.78. The van der Waals surface area contributed by atoms with E-state index in [1.165, 1.54) is 12.0 Å². The molecule has 0 aliphatic carbocycles. The van der Waals surface area contributed by atoms with Gasteiger partial charge >= 0.3 is 0 Å². The fourth-order valence-electron chi connectivity index (χ4n) is 2.18. The van der Waals surface area contributed by atoms with Crippen molar-refractivity contribution >= 4 is 0 Å². The molecule has 0 spiro atoms. The number of aromatic nitrogens is 2. The van der Waals surface area contributed by atoms with E-state index in [0.29, 0.717) is 0 Å². The number of hydrogen-bond donors (Lipinski definition) is 1. The van der Waals surface area contributed by atoms with Gasteiger partial charge in [-0.3, -0.25) is 4.68 Å².